The molecule has 0 spiro atoms. The molecule has 0 aliphatic carbocycles. The SMILES string of the molecule is Cc1cc(Cl)ccc1O[C@H](c1cncnc1)[C@@H]1CCNC1. The van der Waals surface area contributed by atoms with Crippen molar-refractivity contribution in [2.75, 3.05) is 13.1 Å². The van der Waals surface area contributed by atoms with Crippen LogP contribution < -0.4 is 10.1 Å². The molecule has 1 aliphatic heterocycles. The van der Waals surface area contributed by atoms with Crippen LogP contribution in [-0.2, 0) is 0 Å². The highest BCUT2D eigenvalue weighted by molar-refractivity contribution is 6.30. The summed E-state index contributed by atoms with van der Waals surface area (Å²) in [7, 11) is 0. The standard InChI is InChI=1S/C16H18ClN3O/c1-11-6-14(17)2-3-15(11)21-16(12-4-5-18-7-12)13-8-19-10-20-9-13/h2-3,6,8-10,12,16,18H,4-5,7H2,1H3/t12-,16+/m1/s1. The first-order valence-corrected chi connectivity index (χ1v) is 7.50. The zero-order valence-corrected chi connectivity index (χ0v) is 12.7. The molecule has 1 aliphatic rings. The lowest BCUT2D eigenvalue weighted by Crippen LogP contribution is -2.22. The molecular weight excluding hydrogens is 286 g/mol. The van der Waals surface area contributed by atoms with Gasteiger partial charge in [0.2, 0.25) is 0 Å². The Morgan fingerprint density at radius 3 is 2.81 bits per heavy atom. The molecule has 0 amide bonds. The second-order valence-electron chi connectivity index (χ2n) is 5.37. The number of halogens is 1. The molecule has 2 atom stereocenters. The van der Waals surface area contributed by atoms with E-state index in [1.165, 1.54) is 0 Å². The van der Waals surface area contributed by atoms with Crippen LogP contribution in [0.1, 0.15) is 23.7 Å². The maximum atomic E-state index is 6.29. The summed E-state index contributed by atoms with van der Waals surface area (Å²) in [4.78, 5) is 8.25. The van der Waals surface area contributed by atoms with Crippen LogP contribution in [0.4, 0.5) is 0 Å². The van der Waals surface area contributed by atoms with Crippen molar-refractivity contribution in [1.29, 1.82) is 0 Å². The zero-order valence-electron chi connectivity index (χ0n) is 11.9. The molecule has 1 aromatic heterocycles. The van der Waals surface area contributed by atoms with E-state index in [2.05, 4.69) is 15.3 Å². The minimum absolute atomic E-state index is 0.0407. The second-order valence-corrected chi connectivity index (χ2v) is 5.81. The molecule has 3 rings (SSSR count). The summed E-state index contributed by atoms with van der Waals surface area (Å²) >= 11 is 6.01. The van der Waals surface area contributed by atoms with Crippen LogP contribution in [-0.4, -0.2) is 23.1 Å². The molecular formula is C16H18ClN3O. The van der Waals surface area contributed by atoms with Crippen LogP contribution in [0.3, 0.4) is 0 Å². The number of nitrogens with one attached hydrogen (secondary N) is 1. The van der Waals surface area contributed by atoms with Gasteiger partial charge < -0.3 is 10.1 Å². The topological polar surface area (TPSA) is 47.0 Å². The third-order valence-electron chi connectivity index (χ3n) is 3.83. The highest BCUT2D eigenvalue weighted by Gasteiger charge is 2.28. The molecule has 1 fully saturated rings. The van der Waals surface area contributed by atoms with Gasteiger partial charge in [0.05, 0.1) is 0 Å². The molecule has 0 radical (unpaired) electrons. The van der Waals surface area contributed by atoms with Gasteiger partial charge in [-0.1, -0.05) is 11.6 Å². The number of hydrogen-bond acceptors (Lipinski definition) is 4. The summed E-state index contributed by atoms with van der Waals surface area (Å²) < 4.78 is 6.29. The third-order valence-corrected chi connectivity index (χ3v) is 4.06. The number of aromatic nitrogens is 2. The first-order chi connectivity index (χ1) is 10.2. The molecule has 1 saturated heterocycles. The van der Waals surface area contributed by atoms with Gasteiger partial charge in [0.1, 0.15) is 18.2 Å². The minimum atomic E-state index is -0.0407. The first kappa shape index (κ1) is 14.3. The Kier molecular flexibility index (Phi) is 4.36. The Hall–Kier alpha value is -1.65. The predicted octanol–water partition coefficient (Wildman–Crippen LogP) is 3.17. The van der Waals surface area contributed by atoms with E-state index in [1.54, 1.807) is 6.33 Å². The molecule has 2 aromatic rings. The van der Waals surface area contributed by atoms with Crippen LogP contribution in [0.25, 0.3) is 0 Å². The Labute approximate surface area is 129 Å². The summed E-state index contributed by atoms with van der Waals surface area (Å²) in [6.45, 7) is 3.98. The fourth-order valence-corrected chi connectivity index (χ4v) is 2.94. The average Bonchev–Trinajstić information content (AvgIpc) is 3.01. The quantitative estimate of drug-likeness (QED) is 0.942. The number of rotatable bonds is 4. The fraction of sp³-hybridized carbons (Fsp3) is 0.375. The molecule has 110 valence electrons. The van der Waals surface area contributed by atoms with Crippen LogP contribution in [0, 0.1) is 12.8 Å². The predicted molar refractivity (Wildman–Crippen MR) is 82.6 cm³/mol. The van der Waals surface area contributed by atoms with Crippen molar-refractivity contribution < 1.29 is 4.74 Å². The molecule has 2 heterocycles. The van der Waals surface area contributed by atoms with E-state index in [4.69, 9.17) is 16.3 Å². The molecule has 4 nitrogen and oxygen atoms in total. The normalized spacial score (nSPS) is 19.4. The largest absolute Gasteiger partial charge is 0.485 e. The Bertz CT molecular complexity index is 600. The average molecular weight is 304 g/mol. The number of benzene rings is 1. The van der Waals surface area contributed by atoms with E-state index in [0.29, 0.717) is 5.92 Å². The Morgan fingerprint density at radius 1 is 1.33 bits per heavy atom. The lowest BCUT2D eigenvalue weighted by Gasteiger charge is -2.25. The van der Waals surface area contributed by atoms with Gasteiger partial charge in [-0.05, 0) is 43.7 Å². The van der Waals surface area contributed by atoms with E-state index in [9.17, 15) is 0 Å². The van der Waals surface area contributed by atoms with Gasteiger partial charge in [-0.3, -0.25) is 0 Å². The summed E-state index contributed by atoms with van der Waals surface area (Å²) in [5.74, 6) is 1.28. The van der Waals surface area contributed by atoms with Gasteiger partial charge in [-0.2, -0.15) is 0 Å². The monoisotopic (exact) mass is 303 g/mol. The van der Waals surface area contributed by atoms with Gasteiger partial charge in [0, 0.05) is 35.4 Å². The summed E-state index contributed by atoms with van der Waals surface area (Å²) in [5.41, 5.74) is 2.05. The Morgan fingerprint density at radius 2 is 2.14 bits per heavy atom. The maximum absolute atomic E-state index is 6.29. The lowest BCUT2D eigenvalue weighted by atomic mass is 9.96. The van der Waals surface area contributed by atoms with Crippen molar-refractivity contribution >= 4 is 11.6 Å². The van der Waals surface area contributed by atoms with Gasteiger partial charge >= 0.3 is 0 Å². The van der Waals surface area contributed by atoms with Crippen molar-refractivity contribution in [1.82, 2.24) is 15.3 Å². The third kappa shape index (κ3) is 3.34. The summed E-state index contributed by atoms with van der Waals surface area (Å²) in [5, 5.41) is 4.11. The molecule has 0 saturated carbocycles. The minimum Gasteiger partial charge on any atom is -0.485 e. The van der Waals surface area contributed by atoms with Crippen LogP contribution in [0.2, 0.25) is 5.02 Å². The number of nitrogens with zero attached hydrogens (tertiary/aromatic N) is 2. The molecule has 0 bridgehead atoms. The molecule has 5 heteroatoms. The van der Waals surface area contributed by atoms with Crippen molar-refractivity contribution in [2.24, 2.45) is 5.92 Å². The highest BCUT2D eigenvalue weighted by atomic mass is 35.5. The Balaban J connectivity index is 1.88. The molecule has 1 aromatic carbocycles. The van der Waals surface area contributed by atoms with Crippen molar-refractivity contribution in [3.8, 4) is 5.75 Å². The summed E-state index contributed by atoms with van der Waals surface area (Å²) in [6.07, 6.45) is 6.26. The summed E-state index contributed by atoms with van der Waals surface area (Å²) in [6, 6.07) is 5.70. The van der Waals surface area contributed by atoms with Crippen molar-refractivity contribution in [3.63, 3.8) is 0 Å². The molecule has 1 N–H and O–H groups in total. The molecule has 21 heavy (non-hydrogen) atoms. The highest BCUT2D eigenvalue weighted by Crippen LogP contribution is 2.33. The van der Waals surface area contributed by atoms with Gasteiger partial charge in [-0.15, -0.1) is 0 Å². The molecule has 0 unspecified atom stereocenters. The van der Waals surface area contributed by atoms with Crippen LogP contribution in [0.5, 0.6) is 5.75 Å². The zero-order chi connectivity index (χ0) is 14.7. The van der Waals surface area contributed by atoms with Crippen LogP contribution in [0.15, 0.2) is 36.9 Å². The number of hydrogen-bond donors (Lipinski definition) is 1. The van der Waals surface area contributed by atoms with Crippen molar-refractivity contribution in [2.45, 2.75) is 19.4 Å². The number of ether oxygens (including phenoxy) is 1. The fourth-order valence-electron chi connectivity index (χ4n) is 2.71. The maximum Gasteiger partial charge on any atom is 0.131 e. The van der Waals surface area contributed by atoms with Gasteiger partial charge in [-0.25, -0.2) is 9.97 Å². The van der Waals surface area contributed by atoms with E-state index in [1.807, 2.05) is 37.5 Å². The number of aryl methyl sites for hydroxylation is 1. The first-order valence-electron chi connectivity index (χ1n) is 7.12. The van der Waals surface area contributed by atoms with E-state index < -0.39 is 0 Å². The van der Waals surface area contributed by atoms with E-state index >= 15 is 0 Å². The van der Waals surface area contributed by atoms with Crippen LogP contribution >= 0.6 is 11.6 Å². The van der Waals surface area contributed by atoms with Gasteiger partial charge in [0.15, 0.2) is 0 Å². The van der Waals surface area contributed by atoms with Gasteiger partial charge in [0.25, 0.3) is 0 Å². The second kappa shape index (κ2) is 6.41. The smallest absolute Gasteiger partial charge is 0.131 e. The van der Waals surface area contributed by atoms with Crippen molar-refractivity contribution in [3.05, 3.63) is 53.1 Å². The lowest BCUT2D eigenvalue weighted by molar-refractivity contribution is 0.142. The van der Waals surface area contributed by atoms with E-state index in [0.717, 1.165) is 41.4 Å². The van der Waals surface area contributed by atoms with E-state index in [-0.39, 0.29) is 6.10 Å².